The fraction of sp³-hybridized carbons (Fsp3) is 0.579. The molecular weight excluding hydrogens is 316 g/mol. The normalized spacial score (nSPS) is 11.2. The van der Waals surface area contributed by atoms with E-state index < -0.39 is 0 Å². The first-order valence-corrected chi connectivity index (χ1v) is 8.95. The van der Waals surface area contributed by atoms with Crippen molar-refractivity contribution < 1.29 is 9.53 Å². The number of aliphatic imine (C=N–C) groups is 1. The van der Waals surface area contributed by atoms with Gasteiger partial charge in [0.1, 0.15) is 5.75 Å². The zero-order valence-corrected chi connectivity index (χ0v) is 16.2. The Morgan fingerprint density at radius 2 is 1.96 bits per heavy atom. The molecule has 0 aliphatic heterocycles. The van der Waals surface area contributed by atoms with Crippen molar-refractivity contribution in [2.45, 2.75) is 27.2 Å². The molecule has 0 spiro atoms. The first-order chi connectivity index (χ1) is 12.0. The lowest BCUT2D eigenvalue weighted by atomic mass is 10.1. The van der Waals surface area contributed by atoms with E-state index in [2.05, 4.69) is 16.4 Å². The molecule has 0 aliphatic rings. The second-order valence-corrected chi connectivity index (χ2v) is 5.76. The average Bonchev–Trinajstić information content (AvgIpc) is 2.62. The van der Waals surface area contributed by atoms with Crippen molar-refractivity contribution in [3.05, 3.63) is 29.8 Å². The van der Waals surface area contributed by atoms with Gasteiger partial charge in [-0.2, -0.15) is 0 Å². The van der Waals surface area contributed by atoms with Crippen molar-refractivity contribution in [2.75, 3.05) is 46.9 Å². The van der Waals surface area contributed by atoms with E-state index in [-0.39, 0.29) is 5.91 Å². The standard InChI is InChI=1S/C19H32N4O2/c1-6-20-19(22(4)15-18(24)23(7-2)8-3)21-13-12-16-10-9-11-17(14-16)25-5/h9-11,14H,6-8,12-13,15H2,1-5H3,(H,20,21). The van der Waals surface area contributed by atoms with Crippen molar-refractivity contribution >= 4 is 11.9 Å². The molecule has 140 valence electrons. The van der Waals surface area contributed by atoms with Gasteiger partial charge in [-0.3, -0.25) is 9.79 Å². The summed E-state index contributed by atoms with van der Waals surface area (Å²) < 4.78 is 5.25. The Morgan fingerprint density at radius 1 is 1.24 bits per heavy atom. The van der Waals surface area contributed by atoms with E-state index in [9.17, 15) is 4.79 Å². The van der Waals surface area contributed by atoms with E-state index >= 15 is 0 Å². The minimum Gasteiger partial charge on any atom is -0.497 e. The highest BCUT2D eigenvalue weighted by atomic mass is 16.5. The van der Waals surface area contributed by atoms with Gasteiger partial charge < -0.3 is 19.9 Å². The third-order valence-electron chi connectivity index (χ3n) is 3.98. The number of likely N-dealkylation sites (N-methyl/N-ethyl adjacent to an activating group) is 2. The summed E-state index contributed by atoms with van der Waals surface area (Å²) in [6, 6.07) is 8.01. The Kier molecular flexibility index (Phi) is 9.43. The number of amides is 1. The number of ether oxygens (including phenoxy) is 1. The van der Waals surface area contributed by atoms with Gasteiger partial charge in [0.15, 0.2) is 5.96 Å². The minimum absolute atomic E-state index is 0.117. The van der Waals surface area contributed by atoms with Crippen LogP contribution in [0.5, 0.6) is 5.75 Å². The number of rotatable bonds is 9. The van der Waals surface area contributed by atoms with Gasteiger partial charge in [-0.1, -0.05) is 12.1 Å². The molecule has 6 heteroatoms. The maximum absolute atomic E-state index is 12.3. The predicted octanol–water partition coefficient (Wildman–Crippen LogP) is 2.00. The van der Waals surface area contributed by atoms with Crippen LogP contribution in [-0.4, -0.2) is 68.5 Å². The number of carbonyl (C=O) groups excluding carboxylic acids is 1. The first-order valence-electron chi connectivity index (χ1n) is 8.95. The van der Waals surface area contributed by atoms with E-state index in [0.717, 1.165) is 37.8 Å². The van der Waals surface area contributed by atoms with E-state index in [1.165, 1.54) is 5.56 Å². The van der Waals surface area contributed by atoms with Crippen molar-refractivity contribution in [3.63, 3.8) is 0 Å². The number of hydrogen-bond donors (Lipinski definition) is 1. The Labute approximate surface area is 151 Å². The Bertz CT molecular complexity index is 556. The molecule has 0 radical (unpaired) electrons. The van der Waals surface area contributed by atoms with Crippen LogP contribution in [0, 0.1) is 0 Å². The molecule has 0 bridgehead atoms. The quantitative estimate of drug-likeness (QED) is 0.548. The molecule has 0 aliphatic carbocycles. The van der Waals surface area contributed by atoms with E-state index in [0.29, 0.717) is 13.1 Å². The number of benzene rings is 1. The zero-order chi connectivity index (χ0) is 18.7. The molecular formula is C19H32N4O2. The second-order valence-electron chi connectivity index (χ2n) is 5.76. The molecule has 1 N–H and O–H groups in total. The maximum atomic E-state index is 12.3. The molecule has 6 nitrogen and oxygen atoms in total. The fourth-order valence-corrected chi connectivity index (χ4v) is 2.54. The van der Waals surface area contributed by atoms with Crippen LogP contribution >= 0.6 is 0 Å². The molecule has 0 fully saturated rings. The lowest BCUT2D eigenvalue weighted by Gasteiger charge is -2.25. The summed E-state index contributed by atoms with van der Waals surface area (Å²) in [5.41, 5.74) is 1.18. The van der Waals surface area contributed by atoms with Gasteiger partial charge in [-0.25, -0.2) is 0 Å². The topological polar surface area (TPSA) is 57.2 Å². The number of methoxy groups -OCH3 is 1. The summed E-state index contributed by atoms with van der Waals surface area (Å²) in [5, 5.41) is 3.25. The number of nitrogens with zero attached hydrogens (tertiary/aromatic N) is 3. The van der Waals surface area contributed by atoms with Crippen molar-refractivity contribution in [1.29, 1.82) is 0 Å². The summed E-state index contributed by atoms with van der Waals surface area (Å²) in [5.74, 6) is 1.73. The van der Waals surface area contributed by atoms with Crippen LogP contribution in [0.15, 0.2) is 29.3 Å². The van der Waals surface area contributed by atoms with Gasteiger partial charge in [0.25, 0.3) is 0 Å². The SMILES string of the molecule is CCNC(=NCCc1cccc(OC)c1)N(C)CC(=O)N(CC)CC. The largest absolute Gasteiger partial charge is 0.497 e. The molecule has 0 saturated heterocycles. The average molecular weight is 348 g/mol. The first kappa shape index (κ1) is 20.8. The Hall–Kier alpha value is -2.24. The third kappa shape index (κ3) is 7.03. The highest BCUT2D eigenvalue weighted by molar-refractivity contribution is 5.86. The Balaban J connectivity index is 2.67. The van der Waals surface area contributed by atoms with Crippen LogP contribution in [0.4, 0.5) is 0 Å². The lowest BCUT2D eigenvalue weighted by molar-refractivity contribution is -0.131. The third-order valence-corrected chi connectivity index (χ3v) is 3.98. The molecule has 0 heterocycles. The number of carbonyl (C=O) groups is 1. The van der Waals surface area contributed by atoms with E-state index in [4.69, 9.17) is 4.74 Å². The van der Waals surface area contributed by atoms with Crippen molar-refractivity contribution in [1.82, 2.24) is 15.1 Å². The summed E-state index contributed by atoms with van der Waals surface area (Å²) in [4.78, 5) is 20.6. The summed E-state index contributed by atoms with van der Waals surface area (Å²) in [7, 11) is 3.57. The van der Waals surface area contributed by atoms with Crippen molar-refractivity contribution in [3.8, 4) is 5.75 Å². The van der Waals surface area contributed by atoms with Crippen LogP contribution in [0.3, 0.4) is 0 Å². The van der Waals surface area contributed by atoms with Gasteiger partial charge in [0.05, 0.1) is 13.7 Å². The van der Waals surface area contributed by atoms with Crippen LogP contribution in [-0.2, 0) is 11.2 Å². The van der Waals surface area contributed by atoms with Gasteiger partial charge >= 0.3 is 0 Å². The lowest BCUT2D eigenvalue weighted by Crippen LogP contribution is -2.45. The van der Waals surface area contributed by atoms with E-state index in [1.54, 1.807) is 7.11 Å². The molecule has 0 saturated carbocycles. The molecule has 1 amide bonds. The summed E-state index contributed by atoms with van der Waals surface area (Å²) in [6.07, 6.45) is 0.823. The highest BCUT2D eigenvalue weighted by Crippen LogP contribution is 2.12. The van der Waals surface area contributed by atoms with Gasteiger partial charge in [-0.15, -0.1) is 0 Å². The van der Waals surface area contributed by atoms with Gasteiger partial charge in [-0.05, 0) is 44.9 Å². The van der Waals surface area contributed by atoms with Gasteiger partial charge in [0, 0.05) is 33.2 Å². The summed E-state index contributed by atoms with van der Waals surface area (Å²) >= 11 is 0. The molecule has 0 unspecified atom stereocenters. The van der Waals surface area contributed by atoms with Crippen LogP contribution in [0.25, 0.3) is 0 Å². The molecule has 1 rings (SSSR count). The monoisotopic (exact) mass is 348 g/mol. The zero-order valence-electron chi connectivity index (χ0n) is 16.2. The van der Waals surface area contributed by atoms with Crippen LogP contribution in [0.1, 0.15) is 26.3 Å². The van der Waals surface area contributed by atoms with Crippen LogP contribution in [0.2, 0.25) is 0 Å². The van der Waals surface area contributed by atoms with Crippen LogP contribution < -0.4 is 10.1 Å². The Morgan fingerprint density at radius 3 is 2.56 bits per heavy atom. The fourth-order valence-electron chi connectivity index (χ4n) is 2.54. The maximum Gasteiger partial charge on any atom is 0.242 e. The molecule has 1 aromatic rings. The van der Waals surface area contributed by atoms with Crippen molar-refractivity contribution in [2.24, 2.45) is 4.99 Å². The number of guanidine groups is 1. The molecule has 1 aromatic carbocycles. The minimum atomic E-state index is 0.117. The number of hydrogen-bond acceptors (Lipinski definition) is 3. The molecule has 0 atom stereocenters. The smallest absolute Gasteiger partial charge is 0.242 e. The predicted molar refractivity (Wildman–Crippen MR) is 103 cm³/mol. The van der Waals surface area contributed by atoms with Gasteiger partial charge in [0.2, 0.25) is 5.91 Å². The molecule has 25 heavy (non-hydrogen) atoms. The molecule has 0 aromatic heterocycles. The van der Waals surface area contributed by atoms with E-state index in [1.807, 2.05) is 55.8 Å². The highest BCUT2D eigenvalue weighted by Gasteiger charge is 2.14. The summed E-state index contributed by atoms with van der Waals surface area (Å²) in [6.45, 7) is 9.22. The number of nitrogens with one attached hydrogen (secondary N) is 1. The second kappa shape index (κ2) is 11.3.